The van der Waals surface area contributed by atoms with Crippen molar-refractivity contribution >= 4 is 5.69 Å². The fourth-order valence-corrected chi connectivity index (χ4v) is 2.29. The second kappa shape index (κ2) is 5.98. The molecule has 1 heterocycles. The van der Waals surface area contributed by atoms with E-state index in [1.807, 2.05) is 0 Å². The van der Waals surface area contributed by atoms with Gasteiger partial charge in [-0.25, -0.2) is 8.78 Å². The Bertz CT molecular complexity index is 488. The Balaban J connectivity index is 1.97. The molecule has 1 aromatic carbocycles. The molecular formula is C14H17F2N3. The highest BCUT2D eigenvalue weighted by molar-refractivity contribution is 5.49. The van der Waals surface area contributed by atoms with Crippen LogP contribution in [-0.2, 0) is 0 Å². The Hall–Kier alpha value is -1.67. The normalized spacial score (nSPS) is 17.2. The van der Waals surface area contributed by atoms with Crippen molar-refractivity contribution in [3.63, 3.8) is 0 Å². The van der Waals surface area contributed by atoms with E-state index < -0.39 is 11.6 Å². The fourth-order valence-electron chi connectivity index (χ4n) is 2.29. The number of anilines is 1. The van der Waals surface area contributed by atoms with Gasteiger partial charge in [-0.3, -0.25) is 0 Å². The third-order valence-electron chi connectivity index (χ3n) is 3.62. The average Bonchev–Trinajstić information content (AvgIpc) is 2.42. The van der Waals surface area contributed by atoms with Crippen LogP contribution < -0.4 is 5.32 Å². The first-order valence-corrected chi connectivity index (χ1v) is 6.42. The summed E-state index contributed by atoms with van der Waals surface area (Å²) < 4.78 is 27.1. The van der Waals surface area contributed by atoms with E-state index >= 15 is 0 Å². The van der Waals surface area contributed by atoms with Crippen LogP contribution in [0.3, 0.4) is 0 Å². The van der Waals surface area contributed by atoms with Gasteiger partial charge in [0.05, 0.1) is 11.3 Å². The van der Waals surface area contributed by atoms with Gasteiger partial charge in [0.15, 0.2) is 11.6 Å². The van der Waals surface area contributed by atoms with E-state index in [0.29, 0.717) is 12.5 Å². The number of piperidine rings is 1. The summed E-state index contributed by atoms with van der Waals surface area (Å²) in [6, 6.07) is 4.35. The van der Waals surface area contributed by atoms with Crippen molar-refractivity contribution in [2.45, 2.75) is 12.8 Å². The summed E-state index contributed by atoms with van der Waals surface area (Å²) in [6.07, 6.45) is 2.12. The second-order valence-corrected chi connectivity index (χ2v) is 5.03. The summed E-state index contributed by atoms with van der Waals surface area (Å²) in [5, 5.41) is 11.6. The molecule has 1 N–H and O–H groups in total. The lowest BCUT2D eigenvalue weighted by molar-refractivity contribution is 0.226. The zero-order chi connectivity index (χ0) is 13.8. The fraction of sp³-hybridized carbons (Fsp3) is 0.500. The molecule has 0 unspecified atom stereocenters. The number of nitrogens with one attached hydrogen (secondary N) is 1. The molecule has 0 aliphatic carbocycles. The standard InChI is InChI=1S/C14H17F2N3/c1-19-6-4-10(5-7-19)9-18-12-3-2-11(8-17)13(15)14(12)16/h2-3,10,18H,4-7,9H2,1H3. The van der Waals surface area contributed by atoms with Crippen LogP contribution in [0.5, 0.6) is 0 Å². The molecule has 1 aliphatic rings. The van der Waals surface area contributed by atoms with Gasteiger partial charge in [0.2, 0.25) is 0 Å². The minimum absolute atomic E-state index is 0.135. The Morgan fingerprint density at radius 1 is 1.32 bits per heavy atom. The SMILES string of the molecule is CN1CCC(CNc2ccc(C#N)c(F)c2F)CC1. The van der Waals surface area contributed by atoms with Gasteiger partial charge in [0, 0.05) is 6.54 Å². The number of nitriles is 1. The zero-order valence-electron chi connectivity index (χ0n) is 10.9. The maximum atomic E-state index is 13.7. The minimum atomic E-state index is -1.07. The Morgan fingerprint density at radius 3 is 2.63 bits per heavy atom. The van der Waals surface area contributed by atoms with Crippen molar-refractivity contribution in [1.29, 1.82) is 5.26 Å². The van der Waals surface area contributed by atoms with Gasteiger partial charge in [0.25, 0.3) is 0 Å². The summed E-state index contributed by atoms with van der Waals surface area (Å²) in [5.41, 5.74) is -0.127. The highest BCUT2D eigenvalue weighted by Crippen LogP contribution is 2.22. The van der Waals surface area contributed by atoms with Gasteiger partial charge < -0.3 is 10.2 Å². The van der Waals surface area contributed by atoms with Gasteiger partial charge in [-0.05, 0) is 51.0 Å². The first kappa shape index (κ1) is 13.8. The van der Waals surface area contributed by atoms with Crippen molar-refractivity contribution < 1.29 is 8.78 Å². The Morgan fingerprint density at radius 2 is 2.00 bits per heavy atom. The molecule has 0 bridgehead atoms. The van der Waals surface area contributed by atoms with E-state index in [0.717, 1.165) is 25.9 Å². The van der Waals surface area contributed by atoms with Crippen LogP contribution in [0.2, 0.25) is 0 Å². The van der Waals surface area contributed by atoms with E-state index in [1.165, 1.54) is 12.1 Å². The lowest BCUT2D eigenvalue weighted by atomic mass is 9.97. The van der Waals surface area contributed by atoms with Crippen LogP contribution in [-0.4, -0.2) is 31.6 Å². The summed E-state index contributed by atoms with van der Waals surface area (Å²) in [4.78, 5) is 2.26. The van der Waals surface area contributed by atoms with Crippen LogP contribution in [0.1, 0.15) is 18.4 Å². The maximum Gasteiger partial charge on any atom is 0.183 e. The van der Waals surface area contributed by atoms with Gasteiger partial charge >= 0.3 is 0 Å². The van der Waals surface area contributed by atoms with Gasteiger partial charge in [-0.15, -0.1) is 0 Å². The minimum Gasteiger partial charge on any atom is -0.382 e. The molecule has 2 rings (SSSR count). The summed E-state index contributed by atoms with van der Waals surface area (Å²) in [7, 11) is 2.08. The molecule has 0 spiro atoms. The van der Waals surface area contributed by atoms with Crippen LogP contribution in [0.4, 0.5) is 14.5 Å². The number of hydrogen-bond acceptors (Lipinski definition) is 3. The smallest absolute Gasteiger partial charge is 0.183 e. The molecule has 1 aliphatic heterocycles. The lowest BCUT2D eigenvalue weighted by Crippen LogP contribution is -2.33. The maximum absolute atomic E-state index is 13.7. The average molecular weight is 265 g/mol. The Kier molecular flexibility index (Phi) is 4.33. The van der Waals surface area contributed by atoms with Gasteiger partial charge in [0.1, 0.15) is 6.07 Å². The Labute approximate surface area is 111 Å². The van der Waals surface area contributed by atoms with Crippen molar-refractivity contribution in [2.24, 2.45) is 5.92 Å². The molecule has 0 radical (unpaired) electrons. The number of hydrogen-bond donors (Lipinski definition) is 1. The van der Waals surface area contributed by atoms with E-state index in [9.17, 15) is 8.78 Å². The van der Waals surface area contributed by atoms with E-state index in [4.69, 9.17) is 5.26 Å². The molecule has 102 valence electrons. The summed E-state index contributed by atoms with van der Waals surface area (Å²) in [5.74, 6) is -1.56. The van der Waals surface area contributed by atoms with E-state index in [-0.39, 0.29) is 11.3 Å². The molecule has 3 nitrogen and oxygen atoms in total. The van der Waals surface area contributed by atoms with E-state index in [2.05, 4.69) is 17.3 Å². The number of likely N-dealkylation sites (tertiary alicyclic amines) is 1. The van der Waals surface area contributed by atoms with E-state index in [1.54, 1.807) is 6.07 Å². The molecule has 19 heavy (non-hydrogen) atoms. The topological polar surface area (TPSA) is 39.1 Å². The first-order valence-electron chi connectivity index (χ1n) is 6.42. The largest absolute Gasteiger partial charge is 0.382 e. The summed E-state index contributed by atoms with van der Waals surface area (Å²) >= 11 is 0. The van der Waals surface area contributed by atoms with Crippen molar-refractivity contribution in [3.05, 3.63) is 29.3 Å². The van der Waals surface area contributed by atoms with Gasteiger partial charge in [-0.2, -0.15) is 5.26 Å². The van der Waals surface area contributed by atoms with Crippen molar-refractivity contribution in [3.8, 4) is 6.07 Å². The molecule has 0 atom stereocenters. The molecule has 1 aromatic rings. The molecule has 0 amide bonds. The quantitative estimate of drug-likeness (QED) is 0.913. The predicted octanol–water partition coefficient (Wildman–Crippen LogP) is 2.59. The van der Waals surface area contributed by atoms with Crippen LogP contribution in [0, 0.1) is 28.9 Å². The van der Waals surface area contributed by atoms with Crippen molar-refractivity contribution in [1.82, 2.24) is 4.90 Å². The number of halogens is 2. The third kappa shape index (κ3) is 3.21. The van der Waals surface area contributed by atoms with Crippen LogP contribution in [0.15, 0.2) is 12.1 Å². The molecule has 5 heteroatoms. The third-order valence-corrected chi connectivity index (χ3v) is 3.62. The van der Waals surface area contributed by atoms with Crippen LogP contribution in [0.25, 0.3) is 0 Å². The molecule has 1 fully saturated rings. The molecule has 0 aromatic heterocycles. The van der Waals surface area contributed by atoms with Crippen LogP contribution >= 0.6 is 0 Å². The molecular weight excluding hydrogens is 248 g/mol. The number of benzene rings is 1. The number of rotatable bonds is 3. The van der Waals surface area contributed by atoms with Crippen molar-refractivity contribution in [2.75, 3.05) is 32.0 Å². The summed E-state index contributed by atoms with van der Waals surface area (Å²) in [6.45, 7) is 2.71. The number of nitrogens with zero attached hydrogens (tertiary/aromatic N) is 2. The molecule has 0 saturated carbocycles. The predicted molar refractivity (Wildman–Crippen MR) is 69.8 cm³/mol. The highest BCUT2D eigenvalue weighted by Gasteiger charge is 2.18. The second-order valence-electron chi connectivity index (χ2n) is 5.03. The first-order chi connectivity index (χ1) is 9.11. The monoisotopic (exact) mass is 265 g/mol. The zero-order valence-corrected chi connectivity index (χ0v) is 10.9. The lowest BCUT2D eigenvalue weighted by Gasteiger charge is -2.29. The highest BCUT2D eigenvalue weighted by atomic mass is 19.2. The van der Waals surface area contributed by atoms with Gasteiger partial charge in [-0.1, -0.05) is 0 Å². The molecule has 1 saturated heterocycles.